The summed E-state index contributed by atoms with van der Waals surface area (Å²) >= 11 is 0. The molecule has 0 radical (unpaired) electrons. The average molecular weight is 251 g/mol. The maximum absolute atomic E-state index is 5.29. The molecule has 4 nitrogen and oxygen atoms in total. The quantitative estimate of drug-likeness (QED) is 0.774. The first-order valence-corrected chi connectivity index (χ1v) is 6.87. The average Bonchev–Trinajstić information content (AvgIpc) is 2.88. The summed E-state index contributed by atoms with van der Waals surface area (Å²) in [5.41, 5.74) is 0. The molecule has 2 heterocycles. The van der Waals surface area contributed by atoms with Crippen molar-refractivity contribution in [1.82, 2.24) is 15.1 Å². The molecule has 18 heavy (non-hydrogen) atoms. The second-order valence-electron chi connectivity index (χ2n) is 5.32. The monoisotopic (exact) mass is 251 g/mol. The molecule has 0 amide bonds. The van der Waals surface area contributed by atoms with E-state index in [0.29, 0.717) is 0 Å². The molecule has 102 valence electrons. The van der Waals surface area contributed by atoms with Crippen molar-refractivity contribution in [1.29, 1.82) is 0 Å². The molecular formula is C14H25N3O. The van der Waals surface area contributed by atoms with E-state index in [4.69, 9.17) is 4.42 Å². The van der Waals surface area contributed by atoms with Gasteiger partial charge in [0.15, 0.2) is 0 Å². The molecule has 0 saturated carbocycles. The van der Waals surface area contributed by atoms with Gasteiger partial charge in [0, 0.05) is 25.7 Å². The second kappa shape index (κ2) is 6.92. The Morgan fingerprint density at radius 1 is 1.50 bits per heavy atom. The molecule has 0 spiro atoms. The normalized spacial score (nSPS) is 21.6. The van der Waals surface area contributed by atoms with Crippen LogP contribution in [0.15, 0.2) is 22.8 Å². The van der Waals surface area contributed by atoms with Crippen molar-refractivity contribution in [2.75, 3.05) is 40.3 Å². The van der Waals surface area contributed by atoms with Gasteiger partial charge >= 0.3 is 0 Å². The van der Waals surface area contributed by atoms with E-state index >= 15 is 0 Å². The summed E-state index contributed by atoms with van der Waals surface area (Å²) in [6, 6.07) is 4.67. The first-order valence-electron chi connectivity index (χ1n) is 6.87. The van der Waals surface area contributed by atoms with Gasteiger partial charge in [0.05, 0.1) is 12.8 Å². The van der Waals surface area contributed by atoms with Crippen LogP contribution < -0.4 is 5.32 Å². The molecule has 1 aliphatic heterocycles. The van der Waals surface area contributed by atoms with Crippen LogP contribution in [0, 0.1) is 0 Å². The highest BCUT2D eigenvalue weighted by molar-refractivity contribution is 4.97. The molecule has 1 aromatic heterocycles. The van der Waals surface area contributed by atoms with Gasteiger partial charge in [-0.05, 0) is 45.6 Å². The van der Waals surface area contributed by atoms with E-state index in [1.807, 2.05) is 12.1 Å². The van der Waals surface area contributed by atoms with Gasteiger partial charge in [-0.2, -0.15) is 0 Å². The smallest absolute Gasteiger partial charge is 0.117 e. The van der Waals surface area contributed by atoms with Crippen molar-refractivity contribution in [2.24, 2.45) is 0 Å². The number of nitrogens with zero attached hydrogens (tertiary/aromatic N) is 2. The highest BCUT2D eigenvalue weighted by atomic mass is 16.3. The summed E-state index contributed by atoms with van der Waals surface area (Å²) in [7, 11) is 4.37. The predicted molar refractivity (Wildman–Crippen MR) is 73.6 cm³/mol. The zero-order valence-corrected chi connectivity index (χ0v) is 11.6. The van der Waals surface area contributed by atoms with Crippen LogP contribution in [0.5, 0.6) is 0 Å². The van der Waals surface area contributed by atoms with Crippen LogP contribution in [0.1, 0.15) is 18.6 Å². The van der Waals surface area contributed by atoms with Gasteiger partial charge in [0.25, 0.3) is 0 Å². The van der Waals surface area contributed by atoms with Crippen LogP contribution in [0.3, 0.4) is 0 Å². The molecule has 1 N–H and O–H groups in total. The summed E-state index contributed by atoms with van der Waals surface area (Å²) in [4.78, 5) is 4.91. The Labute approximate surface area is 110 Å². The summed E-state index contributed by atoms with van der Waals surface area (Å²) in [5, 5.41) is 3.43. The first-order chi connectivity index (χ1) is 8.75. The number of hydrogen-bond donors (Lipinski definition) is 1. The molecule has 0 aliphatic carbocycles. The fourth-order valence-corrected chi connectivity index (χ4v) is 2.52. The summed E-state index contributed by atoms with van der Waals surface area (Å²) in [6.45, 7) is 5.44. The number of rotatable bonds is 6. The van der Waals surface area contributed by atoms with Crippen LogP contribution in [0.25, 0.3) is 0 Å². The minimum atomic E-state index is 0.726. The zero-order valence-electron chi connectivity index (χ0n) is 11.6. The molecule has 1 aliphatic rings. The van der Waals surface area contributed by atoms with Gasteiger partial charge in [0.2, 0.25) is 0 Å². The molecule has 0 aromatic carbocycles. The fourth-order valence-electron chi connectivity index (χ4n) is 2.52. The van der Waals surface area contributed by atoms with E-state index in [1.165, 1.54) is 25.9 Å². The lowest BCUT2D eigenvalue weighted by Gasteiger charge is -2.36. The molecule has 1 unspecified atom stereocenters. The first kappa shape index (κ1) is 13.6. The number of likely N-dealkylation sites (tertiary alicyclic amines) is 1. The van der Waals surface area contributed by atoms with E-state index in [9.17, 15) is 0 Å². The van der Waals surface area contributed by atoms with Crippen molar-refractivity contribution in [3.63, 3.8) is 0 Å². The molecule has 0 bridgehead atoms. The van der Waals surface area contributed by atoms with Crippen LogP contribution in [0.4, 0.5) is 0 Å². The van der Waals surface area contributed by atoms with Gasteiger partial charge in [-0.3, -0.25) is 0 Å². The Morgan fingerprint density at radius 3 is 3.11 bits per heavy atom. The largest absolute Gasteiger partial charge is 0.468 e. The topological polar surface area (TPSA) is 31.6 Å². The maximum Gasteiger partial charge on any atom is 0.117 e. The highest BCUT2D eigenvalue weighted by Gasteiger charge is 2.20. The number of furan rings is 1. The number of likely N-dealkylation sites (N-methyl/N-ethyl adjacent to an activating group) is 1. The van der Waals surface area contributed by atoms with Crippen molar-refractivity contribution in [3.05, 3.63) is 24.2 Å². The van der Waals surface area contributed by atoms with Gasteiger partial charge in [-0.25, -0.2) is 0 Å². The van der Waals surface area contributed by atoms with Gasteiger partial charge in [0.1, 0.15) is 5.76 Å². The van der Waals surface area contributed by atoms with E-state index in [0.717, 1.165) is 31.4 Å². The van der Waals surface area contributed by atoms with Crippen LogP contribution >= 0.6 is 0 Å². The van der Waals surface area contributed by atoms with Crippen molar-refractivity contribution < 1.29 is 4.42 Å². The third kappa shape index (κ3) is 4.12. The molecular weight excluding hydrogens is 226 g/mol. The fraction of sp³-hybridized carbons (Fsp3) is 0.714. The van der Waals surface area contributed by atoms with E-state index in [2.05, 4.69) is 29.2 Å². The third-order valence-corrected chi connectivity index (χ3v) is 3.70. The molecule has 1 atom stereocenters. The Balaban J connectivity index is 1.61. The Bertz CT molecular complexity index is 324. The summed E-state index contributed by atoms with van der Waals surface area (Å²) in [6.07, 6.45) is 4.38. The molecule has 1 saturated heterocycles. The maximum atomic E-state index is 5.29. The third-order valence-electron chi connectivity index (χ3n) is 3.70. The van der Waals surface area contributed by atoms with E-state index in [-0.39, 0.29) is 0 Å². The lowest BCUT2D eigenvalue weighted by atomic mass is 10.1. The van der Waals surface area contributed by atoms with Gasteiger partial charge < -0.3 is 19.5 Å². The lowest BCUT2D eigenvalue weighted by molar-refractivity contribution is 0.133. The minimum Gasteiger partial charge on any atom is -0.468 e. The van der Waals surface area contributed by atoms with Crippen molar-refractivity contribution >= 4 is 0 Å². The summed E-state index contributed by atoms with van der Waals surface area (Å²) in [5.74, 6) is 1.01. The zero-order chi connectivity index (χ0) is 12.8. The summed E-state index contributed by atoms with van der Waals surface area (Å²) < 4.78 is 5.29. The Hall–Kier alpha value is -0.840. The number of hydrogen-bond acceptors (Lipinski definition) is 4. The molecule has 4 heteroatoms. The van der Waals surface area contributed by atoms with Crippen molar-refractivity contribution in [3.8, 4) is 0 Å². The Morgan fingerprint density at radius 2 is 2.39 bits per heavy atom. The van der Waals surface area contributed by atoms with Crippen LogP contribution in [0.2, 0.25) is 0 Å². The van der Waals surface area contributed by atoms with Gasteiger partial charge in [-0.1, -0.05) is 0 Å². The van der Waals surface area contributed by atoms with Crippen LogP contribution in [-0.2, 0) is 6.54 Å². The lowest BCUT2D eigenvalue weighted by Crippen LogP contribution is -2.46. The molecule has 1 fully saturated rings. The van der Waals surface area contributed by atoms with Crippen LogP contribution in [-0.4, -0.2) is 56.1 Å². The SMILES string of the molecule is CN(C)C1CCCN(CCNCc2ccco2)C1. The number of nitrogens with one attached hydrogen (secondary N) is 1. The minimum absolute atomic E-state index is 0.726. The standard InChI is InChI=1S/C14H25N3O/c1-16(2)13-5-3-8-17(12-13)9-7-15-11-14-6-4-10-18-14/h4,6,10,13,15H,3,5,7-9,11-12H2,1-2H3. The molecule has 2 rings (SSSR count). The predicted octanol–water partition coefficient (Wildman–Crippen LogP) is 1.40. The number of piperidine rings is 1. The van der Waals surface area contributed by atoms with Crippen molar-refractivity contribution in [2.45, 2.75) is 25.4 Å². The molecule has 1 aromatic rings. The van der Waals surface area contributed by atoms with E-state index < -0.39 is 0 Å². The Kier molecular flexibility index (Phi) is 5.23. The van der Waals surface area contributed by atoms with Gasteiger partial charge in [-0.15, -0.1) is 0 Å². The highest BCUT2D eigenvalue weighted by Crippen LogP contribution is 2.12. The second-order valence-corrected chi connectivity index (χ2v) is 5.32. The van der Waals surface area contributed by atoms with E-state index in [1.54, 1.807) is 6.26 Å².